The number of fused-ring (bicyclic) bond motifs is 3. The molecule has 2 N–H and O–H groups in total. The lowest BCUT2D eigenvalue weighted by molar-refractivity contribution is -0.906. The maximum absolute atomic E-state index is 12.7. The number of amides is 1. The summed E-state index contributed by atoms with van der Waals surface area (Å²) in [7, 11) is 0. The minimum absolute atomic E-state index is 0.102. The van der Waals surface area contributed by atoms with E-state index >= 15 is 0 Å². The summed E-state index contributed by atoms with van der Waals surface area (Å²) in [4.78, 5) is 14.3. The van der Waals surface area contributed by atoms with Gasteiger partial charge in [-0.1, -0.05) is 43.3 Å². The third-order valence-corrected chi connectivity index (χ3v) is 6.01. The lowest BCUT2D eigenvalue weighted by atomic mass is 9.99. The summed E-state index contributed by atoms with van der Waals surface area (Å²) >= 11 is 0. The van der Waals surface area contributed by atoms with E-state index in [0.717, 1.165) is 46.2 Å². The van der Waals surface area contributed by atoms with Gasteiger partial charge in [-0.05, 0) is 31.1 Å². The van der Waals surface area contributed by atoms with Crippen LogP contribution in [-0.4, -0.2) is 32.1 Å². The van der Waals surface area contributed by atoms with E-state index in [1.54, 1.807) is 4.90 Å². The average Bonchev–Trinajstić information content (AvgIpc) is 3.04. The lowest BCUT2D eigenvalue weighted by Crippen LogP contribution is -3.13. The first kappa shape index (κ1) is 18.1. The second-order valence-electron chi connectivity index (χ2n) is 8.01. The van der Waals surface area contributed by atoms with Gasteiger partial charge in [0, 0.05) is 29.3 Å². The molecule has 1 aliphatic heterocycles. The van der Waals surface area contributed by atoms with Crippen molar-refractivity contribution in [3.63, 3.8) is 0 Å². The number of nitrogens with one attached hydrogen (secondary N) is 2. The molecule has 4 heteroatoms. The highest BCUT2D eigenvalue weighted by atomic mass is 16.3. The highest BCUT2D eigenvalue weighted by Crippen LogP contribution is 2.31. The van der Waals surface area contributed by atoms with E-state index in [4.69, 9.17) is 4.42 Å². The Morgan fingerprint density at radius 3 is 2.74 bits per heavy atom. The highest BCUT2D eigenvalue weighted by Gasteiger charge is 2.20. The summed E-state index contributed by atoms with van der Waals surface area (Å²) in [6, 6.07) is 12.3. The molecule has 0 unspecified atom stereocenters. The van der Waals surface area contributed by atoms with E-state index in [0.29, 0.717) is 12.3 Å². The van der Waals surface area contributed by atoms with Crippen LogP contribution < -0.4 is 10.2 Å². The van der Waals surface area contributed by atoms with Crippen molar-refractivity contribution in [3.05, 3.63) is 47.7 Å². The van der Waals surface area contributed by atoms with Crippen LogP contribution in [0.5, 0.6) is 0 Å². The maximum atomic E-state index is 12.7. The molecule has 0 atom stereocenters. The van der Waals surface area contributed by atoms with Crippen LogP contribution in [0.3, 0.4) is 0 Å². The molecule has 1 fully saturated rings. The molecule has 0 saturated carbocycles. The second-order valence-corrected chi connectivity index (χ2v) is 8.01. The van der Waals surface area contributed by atoms with Crippen molar-refractivity contribution in [1.29, 1.82) is 0 Å². The van der Waals surface area contributed by atoms with E-state index in [1.165, 1.54) is 25.9 Å². The number of hydrogen-bond acceptors (Lipinski definition) is 2. The molecule has 1 amide bonds. The van der Waals surface area contributed by atoms with Gasteiger partial charge in [0.15, 0.2) is 5.76 Å². The monoisotopic (exact) mass is 365 g/mol. The number of rotatable bonds is 5. The van der Waals surface area contributed by atoms with E-state index < -0.39 is 0 Å². The predicted octanol–water partition coefficient (Wildman–Crippen LogP) is 3.33. The number of benzene rings is 2. The van der Waals surface area contributed by atoms with Gasteiger partial charge in [-0.3, -0.25) is 4.79 Å². The van der Waals surface area contributed by atoms with Gasteiger partial charge in [0.2, 0.25) is 0 Å². The zero-order valence-electron chi connectivity index (χ0n) is 16.3. The Hall–Kier alpha value is -2.33. The zero-order chi connectivity index (χ0) is 18.8. The van der Waals surface area contributed by atoms with Crippen LogP contribution in [-0.2, 0) is 0 Å². The Balaban J connectivity index is 1.40. The number of aryl methyl sites for hydroxylation is 1. The van der Waals surface area contributed by atoms with Crippen molar-refractivity contribution in [2.24, 2.45) is 5.92 Å². The van der Waals surface area contributed by atoms with E-state index in [9.17, 15) is 4.79 Å². The summed E-state index contributed by atoms with van der Waals surface area (Å²) in [5, 5.41) is 6.26. The van der Waals surface area contributed by atoms with Crippen LogP contribution in [0.2, 0.25) is 0 Å². The summed E-state index contributed by atoms with van der Waals surface area (Å²) in [5.41, 5.74) is 1.73. The normalized spacial score (nSPS) is 20.2. The second kappa shape index (κ2) is 7.73. The molecule has 27 heavy (non-hydrogen) atoms. The molecule has 0 spiro atoms. The van der Waals surface area contributed by atoms with E-state index in [1.807, 2.05) is 31.2 Å². The standard InChI is InChI=1S/C23H28N2O2/c1-16-10-14-25(15-11-16)13-5-12-24-23(26)21-17(2)19-9-8-18-6-3-4-7-20(18)22(19)27-21/h3-4,6-9,16H,5,10-15H2,1-2H3,(H,24,26)/p+1. The van der Waals surface area contributed by atoms with Gasteiger partial charge in [0.25, 0.3) is 5.91 Å². The number of hydrogen-bond donors (Lipinski definition) is 2. The summed E-state index contributed by atoms with van der Waals surface area (Å²) in [5.74, 6) is 1.22. The molecule has 142 valence electrons. The van der Waals surface area contributed by atoms with Crippen LogP contribution in [0.4, 0.5) is 0 Å². The van der Waals surface area contributed by atoms with Crippen LogP contribution in [0.15, 0.2) is 40.8 Å². The Bertz CT molecular complexity index is 952. The first-order chi connectivity index (χ1) is 13.1. The van der Waals surface area contributed by atoms with Crippen LogP contribution in [0.1, 0.15) is 42.3 Å². The summed E-state index contributed by atoms with van der Waals surface area (Å²) < 4.78 is 6.02. The molecule has 1 saturated heterocycles. The van der Waals surface area contributed by atoms with Crippen molar-refractivity contribution in [3.8, 4) is 0 Å². The first-order valence-electron chi connectivity index (χ1n) is 10.2. The number of piperidine rings is 1. The van der Waals surface area contributed by atoms with Crippen molar-refractivity contribution in [2.75, 3.05) is 26.2 Å². The van der Waals surface area contributed by atoms with Crippen molar-refractivity contribution in [1.82, 2.24) is 5.32 Å². The molecule has 1 aromatic heterocycles. The maximum Gasteiger partial charge on any atom is 0.287 e. The molecule has 0 aliphatic carbocycles. The molecule has 4 rings (SSSR count). The molecular formula is C23H29N2O2+. The molecule has 1 aliphatic rings. The predicted molar refractivity (Wildman–Crippen MR) is 109 cm³/mol. The van der Waals surface area contributed by atoms with Gasteiger partial charge >= 0.3 is 0 Å². The van der Waals surface area contributed by atoms with Crippen molar-refractivity contribution >= 4 is 27.6 Å². The summed E-state index contributed by atoms with van der Waals surface area (Å²) in [6.45, 7) is 8.69. The van der Waals surface area contributed by atoms with Gasteiger partial charge in [0.05, 0.1) is 19.6 Å². The van der Waals surface area contributed by atoms with Crippen molar-refractivity contribution < 1.29 is 14.1 Å². The Kier molecular flexibility index (Phi) is 5.17. The Labute approximate surface area is 160 Å². The Morgan fingerprint density at radius 1 is 1.15 bits per heavy atom. The molecular weight excluding hydrogens is 336 g/mol. The van der Waals surface area contributed by atoms with Crippen LogP contribution >= 0.6 is 0 Å². The van der Waals surface area contributed by atoms with E-state index in [-0.39, 0.29) is 5.91 Å². The number of carbonyl (C=O) groups excluding carboxylic acids is 1. The van der Waals surface area contributed by atoms with Gasteiger partial charge in [-0.2, -0.15) is 0 Å². The molecule has 0 bridgehead atoms. The molecule has 2 heterocycles. The number of carbonyl (C=O) groups is 1. The minimum atomic E-state index is -0.102. The smallest absolute Gasteiger partial charge is 0.287 e. The van der Waals surface area contributed by atoms with E-state index in [2.05, 4.69) is 24.4 Å². The van der Waals surface area contributed by atoms with Crippen LogP contribution in [0.25, 0.3) is 21.7 Å². The van der Waals surface area contributed by atoms with Crippen molar-refractivity contribution in [2.45, 2.75) is 33.1 Å². The zero-order valence-corrected chi connectivity index (χ0v) is 16.3. The Morgan fingerprint density at radius 2 is 1.93 bits per heavy atom. The van der Waals surface area contributed by atoms with Gasteiger partial charge in [-0.25, -0.2) is 0 Å². The topological polar surface area (TPSA) is 46.7 Å². The summed E-state index contributed by atoms with van der Waals surface area (Å²) in [6.07, 6.45) is 3.67. The molecule has 4 nitrogen and oxygen atoms in total. The van der Waals surface area contributed by atoms with Crippen LogP contribution in [0, 0.1) is 12.8 Å². The third kappa shape index (κ3) is 3.72. The number of quaternary nitrogens is 1. The SMILES string of the molecule is Cc1c(C(=O)NCCC[NH+]2CCC(C)CC2)oc2c1ccc1ccccc12. The quantitative estimate of drug-likeness (QED) is 0.682. The highest BCUT2D eigenvalue weighted by molar-refractivity contribution is 6.08. The molecule has 3 aromatic rings. The molecule has 0 radical (unpaired) electrons. The largest absolute Gasteiger partial charge is 0.450 e. The first-order valence-corrected chi connectivity index (χ1v) is 10.2. The number of likely N-dealkylation sites (tertiary alicyclic amines) is 1. The third-order valence-electron chi connectivity index (χ3n) is 6.01. The van der Waals surface area contributed by atoms with Gasteiger partial charge in [-0.15, -0.1) is 0 Å². The minimum Gasteiger partial charge on any atom is -0.450 e. The average molecular weight is 365 g/mol. The number of furan rings is 1. The fraction of sp³-hybridized carbons (Fsp3) is 0.435. The van der Waals surface area contributed by atoms with Gasteiger partial charge in [0.1, 0.15) is 5.58 Å². The molecule has 2 aromatic carbocycles. The lowest BCUT2D eigenvalue weighted by Gasteiger charge is -2.27. The fourth-order valence-corrected chi connectivity index (χ4v) is 4.21. The fourth-order valence-electron chi connectivity index (χ4n) is 4.21. The van der Waals surface area contributed by atoms with Gasteiger partial charge < -0.3 is 14.6 Å².